The van der Waals surface area contributed by atoms with Crippen LogP contribution < -0.4 is 5.32 Å². The van der Waals surface area contributed by atoms with Crippen LogP contribution >= 0.6 is 0 Å². The monoisotopic (exact) mass is 270 g/mol. The van der Waals surface area contributed by atoms with E-state index in [2.05, 4.69) is 57.6 Å². The van der Waals surface area contributed by atoms with Crippen molar-refractivity contribution in [2.24, 2.45) is 0 Å². The molecule has 0 amide bonds. The molecule has 0 bridgehead atoms. The Hall–Kier alpha value is -1.78. The van der Waals surface area contributed by atoms with E-state index in [1.54, 1.807) is 12.5 Å². The van der Waals surface area contributed by atoms with E-state index in [4.69, 9.17) is 0 Å². The van der Waals surface area contributed by atoms with Crippen LogP contribution in [0.2, 0.25) is 0 Å². The molecule has 4 heteroatoms. The molecule has 20 heavy (non-hydrogen) atoms. The van der Waals surface area contributed by atoms with Crippen LogP contribution in [-0.4, -0.2) is 35.0 Å². The molecule has 2 aromatic rings. The lowest BCUT2D eigenvalue weighted by atomic mass is 10.2. The normalized spacial score (nSPS) is 10.9. The van der Waals surface area contributed by atoms with Gasteiger partial charge in [-0.2, -0.15) is 0 Å². The number of nitrogens with zero attached hydrogens (tertiary/aromatic N) is 3. The zero-order valence-electron chi connectivity index (χ0n) is 12.0. The Labute approximate surface area is 120 Å². The van der Waals surface area contributed by atoms with Crippen LogP contribution in [0, 0.1) is 0 Å². The van der Waals surface area contributed by atoms with Gasteiger partial charge < -0.3 is 10.2 Å². The number of benzene rings is 1. The summed E-state index contributed by atoms with van der Waals surface area (Å²) in [4.78, 5) is 10.4. The van der Waals surface area contributed by atoms with Crippen molar-refractivity contribution in [1.29, 1.82) is 0 Å². The van der Waals surface area contributed by atoms with Crippen LogP contribution in [0.3, 0.4) is 0 Å². The molecule has 0 fully saturated rings. The highest BCUT2D eigenvalue weighted by molar-refractivity contribution is 5.14. The number of nitrogens with one attached hydrogen (secondary N) is 1. The summed E-state index contributed by atoms with van der Waals surface area (Å²) in [6.45, 7) is 3.91. The Kier molecular flexibility index (Phi) is 6.14. The lowest BCUT2D eigenvalue weighted by Crippen LogP contribution is -2.24. The summed E-state index contributed by atoms with van der Waals surface area (Å²) < 4.78 is 0. The lowest BCUT2D eigenvalue weighted by molar-refractivity contribution is 0.319. The van der Waals surface area contributed by atoms with Crippen molar-refractivity contribution < 1.29 is 0 Å². The standard InChI is InChI=1S/C16H22N4/c1-20(13-15-6-3-2-4-7-15)11-5-9-17-12-16-8-10-18-14-19-16/h2-4,6-8,10,14,17H,5,9,11-13H2,1H3. The van der Waals surface area contributed by atoms with E-state index in [1.807, 2.05) is 6.07 Å². The number of aromatic nitrogens is 2. The van der Waals surface area contributed by atoms with Crippen LogP contribution in [0.1, 0.15) is 17.7 Å². The number of rotatable bonds is 8. The first-order valence-corrected chi connectivity index (χ1v) is 7.02. The minimum absolute atomic E-state index is 0.810. The third-order valence-electron chi connectivity index (χ3n) is 3.14. The maximum Gasteiger partial charge on any atom is 0.115 e. The zero-order valence-corrected chi connectivity index (χ0v) is 12.0. The predicted molar refractivity (Wildman–Crippen MR) is 81.1 cm³/mol. The molecule has 0 saturated carbocycles. The second-order valence-corrected chi connectivity index (χ2v) is 4.95. The first-order valence-electron chi connectivity index (χ1n) is 7.02. The third kappa shape index (κ3) is 5.47. The van der Waals surface area contributed by atoms with Gasteiger partial charge in [-0.1, -0.05) is 30.3 Å². The first kappa shape index (κ1) is 14.6. The molecule has 0 aliphatic heterocycles. The van der Waals surface area contributed by atoms with Crippen LogP contribution in [0.5, 0.6) is 0 Å². The number of hydrogen-bond donors (Lipinski definition) is 1. The molecule has 0 aliphatic rings. The second kappa shape index (κ2) is 8.40. The van der Waals surface area contributed by atoms with Crippen LogP contribution in [0.4, 0.5) is 0 Å². The molecular formula is C16H22N4. The highest BCUT2D eigenvalue weighted by Crippen LogP contribution is 2.02. The Morgan fingerprint density at radius 1 is 1.15 bits per heavy atom. The molecule has 0 atom stereocenters. The molecule has 0 spiro atoms. The van der Waals surface area contributed by atoms with Gasteiger partial charge in [0.2, 0.25) is 0 Å². The number of hydrogen-bond acceptors (Lipinski definition) is 4. The quantitative estimate of drug-likeness (QED) is 0.746. The fraction of sp³-hybridized carbons (Fsp3) is 0.375. The smallest absolute Gasteiger partial charge is 0.115 e. The van der Waals surface area contributed by atoms with Crippen LogP contribution in [0.15, 0.2) is 48.9 Å². The summed E-state index contributed by atoms with van der Waals surface area (Å²) >= 11 is 0. The molecule has 4 nitrogen and oxygen atoms in total. The van der Waals surface area contributed by atoms with Gasteiger partial charge in [-0.3, -0.25) is 0 Å². The minimum atomic E-state index is 0.810. The largest absolute Gasteiger partial charge is 0.311 e. The van der Waals surface area contributed by atoms with Crippen molar-refractivity contribution in [1.82, 2.24) is 20.2 Å². The summed E-state index contributed by atoms with van der Waals surface area (Å²) in [5.74, 6) is 0. The van der Waals surface area contributed by atoms with Crippen molar-refractivity contribution in [2.45, 2.75) is 19.5 Å². The van der Waals surface area contributed by atoms with E-state index < -0.39 is 0 Å². The van der Waals surface area contributed by atoms with Crippen molar-refractivity contribution in [3.63, 3.8) is 0 Å². The Bertz CT molecular complexity index is 472. The molecular weight excluding hydrogens is 248 g/mol. The van der Waals surface area contributed by atoms with E-state index in [1.165, 1.54) is 5.56 Å². The van der Waals surface area contributed by atoms with Gasteiger partial charge in [-0.05, 0) is 38.2 Å². The molecule has 2 rings (SSSR count). The molecule has 1 aromatic carbocycles. The van der Waals surface area contributed by atoms with E-state index >= 15 is 0 Å². The van der Waals surface area contributed by atoms with Crippen molar-refractivity contribution in [3.8, 4) is 0 Å². The molecule has 1 heterocycles. The Morgan fingerprint density at radius 2 is 2.00 bits per heavy atom. The van der Waals surface area contributed by atoms with Gasteiger partial charge >= 0.3 is 0 Å². The van der Waals surface area contributed by atoms with Gasteiger partial charge in [-0.25, -0.2) is 9.97 Å². The van der Waals surface area contributed by atoms with Gasteiger partial charge in [0.15, 0.2) is 0 Å². The second-order valence-electron chi connectivity index (χ2n) is 4.95. The highest BCUT2D eigenvalue weighted by Gasteiger charge is 1.99. The lowest BCUT2D eigenvalue weighted by Gasteiger charge is -2.16. The Morgan fingerprint density at radius 3 is 2.75 bits per heavy atom. The maximum atomic E-state index is 4.18. The van der Waals surface area contributed by atoms with Crippen LogP contribution in [-0.2, 0) is 13.1 Å². The highest BCUT2D eigenvalue weighted by atomic mass is 15.1. The molecule has 106 valence electrons. The van der Waals surface area contributed by atoms with Crippen molar-refractivity contribution in [3.05, 3.63) is 60.2 Å². The van der Waals surface area contributed by atoms with E-state index in [0.717, 1.165) is 38.3 Å². The Balaban J connectivity index is 1.57. The molecule has 0 aliphatic carbocycles. The van der Waals surface area contributed by atoms with Crippen LogP contribution in [0.25, 0.3) is 0 Å². The van der Waals surface area contributed by atoms with Gasteiger partial charge in [0.1, 0.15) is 6.33 Å². The molecule has 0 radical (unpaired) electrons. The summed E-state index contributed by atoms with van der Waals surface area (Å²) in [5, 5.41) is 3.40. The van der Waals surface area contributed by atoms with Crippen molar-refractivity contribution >= 4 is 0 Å². The maximum absolute atomic E-state index is 4.18. The van der Waals surface area contributed by atoms with Gasteiger partial charge in [-0.15, -0.1) is 0 Å². The SMILES string of the molecule is CN(CCCNCc1ccncn1)Cc1ccccc1. The van der Waals surface area contributed by atoms with Gasteiger partial charge in [0, 0.05) is 19.3 Å². The minimum Gasteiger partial charge on any atom is -0.311 e. The fourth-order valence-electron chi connectivity index (χ4n) is 2.09. The third-order valence-corrected chi connectivity index (χ3v) is 3.14. The average Bonchev–Trinajstić information content (AvgIpc) is 2.49. The van der Waals surface area contributed by atoms with E-state index in [0.29, 0.717) is 0 Å². The summed E-state index contributed by atoms with van der Waals surface area (Å²) in [7, 11) is 2.16. The molecule has 1 aromatic heterocycles. The summed E-state index contributed by atoms with van der Waals surface area (Å²) in [6, 6.07) is 12.5. The zero-order chi connectivity index (χ0) is 14.0. The predicted octanol–water partition coefficient (Wildman–Crippen LogP) is 2.09. The first-order chi connectivity index (χ1) is 9.84. The summed E-state index contributed by atoms with van der Waals surface area (Å²) in [5.41, 5.74) is 2.40. The summed E-state index contributed by atoms with van der Waals surface area (Å²) in [6.07, 6.45) is 4.50. The van der Waals surface area contributed by atoms with E-state index in [9.17, 15) is 0 Å². The van der Waals surface area contributed by atoms with Gasteiger partial charge in [0.25, 0.3) is 0 Å². The molecule has 1 N–H and O–H groups in total. The molecule has 0 unspecified atom stereocenters. The van der Waals surface area contributed by atoms with Gasteiger partial charge in [0.05, 0.1) is 5.69 Å². The average molecular weight is 270 g/mol. The molecule has 0 saturated heterocycles. The fourth-order valence-corrected chi connectivity index (χ4v) is 2.09. The van der Waals surface area contributed by atoms with Crippen molar-refractivity contribution in [2.75, 3.05) is 20.1 Å². The van der Waals surface area contributed by atoms with E-state index in [-0.39, 0.29) is 0 Å². The topological polar surface area (TPSA) is 41.0 Å².